The first-order valence-corrected chi connectivity index (χ1v) is 4.22. The van der Waals surface area contributed by atoms with Crippen LogP contribution in [-0.4, -0.2) is 16.3 Å². The molecule has 0 radical (unpaired) electrons. The summed E-state index contributed by atoms with van der Waals surface area (Å²) >= 11 is 0. The fourth-order valence-electron chi connectivity index (χ4n) is 0.991. The zero-order valence-corrected chi connectivity index (χ0v) is 7.77. The van der Waals surface area contributed by atoms with Crippen LogP contribution in [0.25, 0.3) is 0 Å². The molecule has 0 aliphatic rings. The van der Waals surface area contributed by atoms with E-state index < -0.39 is 6.29 Å². The minimum atomic E-state index is -1.41. The van der Waals surface area contributed by atoms with E-state index in [1.165, 1.54) is 0 Å². The first kappa shape index (κ1) is 10.0. The minimum absolute atomic E-state index is 0.130. The van der Waals surface area contributed by atoms with E-state index in [1.807, 2.05) is 13.8 Å². The van der Waals surface area contributed by atoms with Gasteiger partial charge >= 0.3 is 0 Å². The highest BCUT2D eigenvalue weighted by atomic mass is 16.5. The van der Waals surface area contributed by atoms with Crippen molar-refractivity contribution < 1.29 is 14.9 Å². The van der Waals surface area contributed by atoms with Crippen LogP contribution >= 0.6 is 0 Å². The summed E-state index contributed by atoms with van der Waals surface area (Å²) < 4.78 is 5.39. The van der Waals surface area contributed by atoms with Gasteiger partial charge < -0.3 is 14.9 Å². The van der Waals surface area contributed by atoms with Crippen molar-refractivity contribution in [2.75, 3.05) is 0 Å². The molecule has 0 saturated carbocycles. The molecular formula is C10H14O3. The summed E-state index contributed by atoms with van der Waals surface area (Å²) in [6.07, 6.45) is -1.28. The summed E-state index contributed by atoms with van der Waals surface area (Å²) in [5.41, 5.74) is 0.469. The lowest BCUT2D eigenvalue weighted by Gasteiger charge is -2.10. The fraction of sp³-hybridized carbons (Fsp3) is 0.400. The van der Waals surface area contributed by atoms with Crippen LogP contribution in [-0.2, 0) is 0 Å². The van der Waals surface area contributed by atoms with E-state index >= 15 is 0 Å². The Morgan fingerprint density at radius 3 is 2.00 bits per heavy atom. The van der Waals surface area contributed by atoms with Gasteiger partial charge in [0.25, 0.3) is 0 Å². The van der Waals surface area contributed by atoms with Crippen molar-refractivity contribution in [1.29, 1.82) is 0 Å². The van der Waals surface area contributed by atoms with Crippen LogP contribution in [0, 0.1) is 0 Å². The highest BCUT2D eigenvalue weighted by Crippen LogP contribution is 2.16. The number of aliphatic hydroxyl groups is 2. The van der Waals surface area contributed by atoms with Crippen molar-refractivity contribution in [3.63, 3.8) is 0 Å². The van der Waals surface area contributed by atoms with Gasteiger partial charge in [-0.15, -0.1) is 0 Å². The van der Waals surface area contributed by atoms with Gasteiger partial charge in [0.05, 0.1) is 6.10 Å². The van der Waals surface area contributed by atoms with Gasteiger partial charge in [0.2, 0.25) is 0 Å². The predicted molar refractivity (Wildman–Crippen MR) is 49.4 cm³/mol. The molecule has 0 unspecified atom stereocenters. The molecule has 1 rings (SSSR count). The topological polar surface area (TPSA) is 49.7 Å². The van der Waals surface area contributed by atoms with Crippen molar-refractivity contribution in [1.82, 2.24) is 0 Å². The van der Waals surface area contributed by atoms with Gasteiger partial charge in [-0.2, -0.15) is 0 Å². The molecule has 13 heavy (non-hydrogen) atoms. The fourth-order valence-corrected chi connectivity index (χ4v) is 0.991. The Balaban J connectivity index is 2.70. The number of hydrogen-bond donors (Lipinski definition) is 2. The average Bonchev–Trinajstić information content (AvgIpc) is 2.04. The van der Waals surface area contributed by atoms with E-state index in [9.17, 15) is 0 Å². The molecule has 0 heterocycles. The number of ether oxygens (including phenoxy) is 1. The molecular weight excluding hydrogens is 168 g/mol. The normalized spacial score (nSPS) is 10.9. The molecule has 3 heteroatoms. The van der Waals surface area contributed by atoms with E-state index in [0.29, 0.717) is 5.56 Å². The SMILES string of the molecule is CC(C)Oc1ccc(C(O)O)cc1. The summed E-state index contributed by atoms with van der Waals surface area (Å²) in [7, 11) is 0. The van der Waals surface area contributed by atoms with Gasteiger partial charge in [0, 0.05) is 5.56 Å². The third-order valence-electron chi connectivity index (χ3n) is 1.55. The first-order valence-electron chi connectivity index (χ1n) is 4.22. The zero-order valence-electron chi connectivity index (χ0n) is 7.77. The lowest BCUT2D eigenvalue weighted by molar-refractivity contribution is -0.0425. The van der Waals surface area contributed by atoms with Crippen molar-refractivity contribution in [2.45, 2.75) is 26.2 Å². The maximum Gasteiger partial charge on any atom is 0.178 e. The average molecular weight is 182 g/mol. The molecule has 1 aromatic rings. The minimum Gasteiger partial charge on any atom is -0.491 e. The maximum absolute atomic E-state index is 8.81. The standard InChI is InChI=1S/C10H14O3/c1-7(2)13-9-5-3-8(4-6-9)10(11)12/h3-7,10-12H,1-2H3. The van der Waals surface area contributed by atoms with Gasteiger partial charge in [-0.1, -0.05) is 12.1 Å². The molecule has 0 saturated heterocycles. The van der Waals surface area contributed by atoms with Crippen LogP contribution in [0.5, 0.6) is 5.75 Å². The van der Waals surface area contributed by atoms with Crippen LogP contribution in [0.4, 0.5) is 0 Å². The van der Waals surface area contributed by atoms with Crippen molar-refractivity contribution >= 4 is 0 Å². The Bertz CT molecular complexity index is 251. The first-order chi connectivity index (χ1) is 6.09. The number of rotatable bonds is 3. The lowest BCUT2D eigenvalue weighted by Crippen LogP contribution is -2.05. The number of hydrogen-bond acceptors (Lipinski definition) is 3. The van der Waals surface area contributed by atoms with Crippen LogP contribution in [0.3, 0.4) is 0 Å². The van der Waals surface area contributed by atoms with Gasteiger partial charge in [0.1, 0.15) is 5.75 Å². The van der Waals surface area contributed by atoms with Crippen molar-refractivity contribution in [2.24, 2.45) is 0 Å². The molecule has 0 bridgehead atoms. The van der Waals surface area contributed by atoms with Crippen LogP contribution in [0.2, 0.25) is 0 Å². The summed E-state index contributed by atoms with van der Waals surface area (Å²) in [6, 6.07) is 6.69. The number of benzene rings is 1. The van der Waals surface area contributed by atoms with Gasteiger partial charge in [-0.05, 0) is 26.0 Å². The van der Waals surface area contributed by atoms with Crippen molar-refractivity contribution in [3.8, 4) is 5.75 Å². The van der Waals surface area contributed by atoms with Crippen LogP contribution in [0.1, 0.15) is 25.7 Å². The Morgan fingerprint density at radius 1 is 1.08 bits per heavy atom. The summed E-state index contributed by atoms with van der Waals surface area (Å²) in [5.74, 6) is 0.736. The zero-order chi connectivity index (χ0) is 9.84. The van der Waals surface area contributed by atoms with E-state index in [0.717, 1.165) is 5.75 Å². The Hall–Kier alpha value is -1.06. The summed E-state index contributed by atoms with van der Waals surface area (Å²) in [4.78, 5) is 0. The molecule has 0 atom stereocenters. The number of aliphatic hydroxyl groups excluding tert-OH is 1. The second-order valence-electron chi connectivity index (χ2n) is 3.11. The molecule has 1 aromatic carbocycles. The predicted octanol–water partition coefficient (Wildman–Crippen LogP) is 1.46. The van der Waals surface area contributed by atoms with Crippen LogP contribution in [0.15, 0.2) is 24.3 Å². The van der Waals surface area contributed by atoms with Crippen molar-refractivity contribution in [3.05, 3.63) is 29.8 Å². The third-order valence-corrected chi connectivity index (χ3v) is 1.55. The molecule has 72 valence electrons. The smallest absolute Gasteiger partial charge is 0.178 e. The Kier molecular flexibility index (Phi) is 3.28. The maximum atomic E-state index is 8.81. The Morgan fingerprint density at radius 2 is 1.62 bits per heavy atom. The Labute approximate surface area is 77.6 Å². The van der Waals surface area contributed by atoms with Gasteiger partial charge in [-0.3, -0.25) is 0 Å². The van der Waals surface area contributed by atoms with Gasteiger partial charge in [-0.25, -0.2) is 0 Å². The van der Waals surface area contributed by atoms with E-state index in [-0.39, 0.29) is 6.10 Å². The molecule has 3 nitrogen and oxygen atoms in total. The van der Waals surface area contributed by atoms with E-state index in [1.54, 1.807) is 24.3 Å². The van der Waals surface area contributed by atoms with E-state index in [4.69, 9.17) is 14.9 Å². The second-order valence-corrected chi connectivity index (χ2v) is 3.11. The molecule has 0 aliphatic carbocycles. The molecule has 0 spiro atoms. The third kappa shape index (κ3) is 3.05. The molecule has 0 aliphatic heterocycles. The monoisotopic (exact) mass is 182 g/mol. The molecule has 2 N–H and O–H groups in total. The highest BCUT2D eigenvalue weighted by molar-refractivity contribution is 5.27. The molecule has 0 amide bonds. The lowest BCUT2D eigenvalue weighted by atomic mass is 10.2. The molecule has 0 aromatic heterocycles. The molecule has 0 fully saturated rings. The van der Waals surface area contributed by atoms with Crippen LogP contribution < -0.4 is 4.74 Å². The van der Waals surface area contributed by atoms with Gasteiger partial charge in [0.15, 0.2) is 6.29 Å². The highest BCUT2D eigenvalue weighted by Gasteiger charge is 2.02. The second kappa shape index (κ2) is 4.25. The summed E-state index contributed by atoms with van der Waals surface area (Å²) in [5, 5.41) is 17.6. The largest absolute Gasteiger partial charge is 0.491 e. The summed E-state index contributed by atoms with van der Waals surface area (Å²) in [6.45, 7) is 3.88. The quantitative estimate of drug-likeness (QED) is 0.696. The van der Waals surface area contributed by atoms with E-state index in [2.05, 4.69) is 0 Å².